The SMILES string of the molecule is CN(Cc1ccc2nsnc2c1)C(=O)C1C2C=CC3(CN(C)C(=O)C13)O2. The second kappa shape index (κ2) is 5.34. The molecule has 1 aromatic heterocycles. The summed E-state index contributed by atoms with van der Waals surface area (Å²) in [5.74, 6) is -0.917. The Bertz CT molecular complexity index is 957. The minimum atomic E-state index is -0.622. The molecule has 1 aromatic carbocycles. The van der Waals surface area contributed by atoms with Crippen LogP contribution in [0.25, 0.3) is 11.0 Å². The number of hydrogen-bond donors (Lipinski definition) is 0. The highest BCUT2D eigenvalue weighted by molar-refractivity contribution is 7.00. The number of fused-ring (bicyclic) bond motifs is 2. The predicted octanol–water partition coefficient (Wildman–Crippen LogP) is 1.06. The Morgan fingerprint density at radius 2 is 2.23 bits per heavy atom. The molecule has 4 atom stereocenters. The molecule has 0 N–H and O–H groups in total. The van der Waals surface area contributed by atoms with E-state index in [1.54, 1.807) is 23.9 Å². The van der Waals surface area contributed by atoms with Crippen LogP contribution < -0.4 is 0 Å². The number of likely N-dealkylation sites (N-methyl/N-ethyl adjacent to an activating group) is 1. The summed E-state index contributed by atoms with van der Waals surface area (Å²) in [7, 11) is 3.54. The molecule has 1 spiro atoms. The van der Waals surface area contributed by atoms with Gasteiger partial charge in [-0.2, -0.15) is 8.75 Å². The van der Waals surface area contributed by atoms with Crippen LogP contribution in [0.3, 0.4) is 0 Å². The van der Waals surface area contributed by atoms with E-state index in [0.717, 1.165) is 16.6 Å². The molecule has 3 aliphatic rings. The third-order valence-corrected chi connectivity index (χ3v) is 6.25. The van der Waals surface area contributed by atoms with Gasteiger partial charge >= 0.3 is 0 Å². The van der Waals surface area contributed by atoms with Crippen LogP contribution in [0, 0.1) is 11.8 Å². The summed E-state index contributed by atoms with van der Waals surface area (Å²) in [4.78, 5) is 29.1. The summed E-state index contributed by atoms with van der Waals surface area (Å²) in [6.45, 7) is 0.980. The highest BCUT2D eigenvalue weighted by Crippen LogP contribution is 2.51. The lowest BCUT2D eigenvalue weighted by molar-refractivity contribution is -0.142. The van der Waals surface area contributed by atoms with Crippen molar-refractivity contribution in [1.82, 2.24) is 18.5 Å². The summed E-state index contributed by atoms with van der Waals surface area (Å²) >= 11 is 1.18. The van der Waals surface area contributed by atoms with Gasteiger partial charge in [-0.3, -0.25) is 9.59 Å². The Hall–Kier alpha value is -2.32. The zero-order chi connectivity index (χ0) is 18.1. The van der Waals surface area contributed by atoms with E-state index in [9.17, 15) is 9.59 Å². The van der Waals surface area contributed by atoms with Crippen LogP contribution in [-0.4, -0.2) is 62.7 Å². The van der Waals surface area contributed by atoms with E-state index >= 15 is 0 Å². The molecule has 2 fully saturated rings. The van der Waals surface area contributed by atoms with Gasteiger partial charge < -0.3 is 14.5 Å². The largest absolute Gasteiger partial charge is 0.360 e. The molecule has 134 valence electrons. The standard InChI is InChI=1S/C18H18N4O3S/c1-21(8-10-3-4-11-12(7-10)20-26-19-11)16(23)14-13-5-6-18(25-13)9-22(2)17(24)15(14)18/h3-7,13-15H,8-9H2,1-2H3. The zero-order valence-corrected chi connectivity index (χ0v) is 15.3. The second-order valence-corrected chi connectivity index (χ2v) is 7.90. The van der Waals surface area contributed by atoms with Crippen molar-refractivity contribution < 1.29 is 14.3 Å². The quantitative estimate of drug-likeness (QED) is 0.756. The lowest BCUT2D eigenvalue weighted by Gasteiger charge is -2.27. The van der Waals surface area contributed by atoms with Crippen LogP contribution in [-0.2, 0) is 20.9 Å². The van der Waals surface area contributed by atoms with Gasteiger partial charge in [0.25, 0.3) is 0 Å². The predicted molar refractivity (Wildman–Crippen MR) is 95.3 cm³/mol. The average Bonchev–Trinajstić information content (AvgIpc) is 3.35. The van der Waals surface area contributed by atoms with Gasteiger partial charge in [0.15, 0.2) is 0 Å². The van der Waals surface area contributed by atoms with Crippen molar-refractivity contribution in [3.63, 3.8) is 0 Å². The summed E-state index contributed by atoms with van der Waals surface area (Å²) in [5, 5.41) is 0. The van der Waals surface area contributed by atoms with Gasteiger partial charge in [0.05, 0.1) is 36.2 Å². The Morgan fingerprint density at radius 3 is 3.08 bits per heavy atom. The van der Waals surface area contributed by atoms with Gasteiger partial charge in [-0.25, -0.2) is 0 Å². The van der Waals surface area contributed by atoms with Crippen molar-refractivity contribution in [2.75, 3.05) is 20.6 Å². The Labute approximate surface area is 154 Å². The lowest BCUT2D eigenvalue weighted by Crippen LogP contribution is -2.44. The van der Waals surface area contributed by atoms with Crippen LogP contribution in [0.1, 0.15) is 5.56 Å². The third kappa shape index (κ3) is 2.09. The van der Waals surface area contributed by atoms with Crippen molar-refractivity contribution in [2.45, 2.75) is 18.2 Å². The van der Waals surface area contributed by atoms with Crippen LogP contribution in [0.4, 0.5) is 0 Å². The molecule has 4 heterocycles. The molecule has 2 amide bonds. The molecule has 2 aromatic rings. The topological polar surface area (TPSA) is 75.6 Å². The smallest absolute Gasteiger partial charge is 0.229 e. The summed E-state index contributed by atoms with van der Waals surface area (Å²) in [6.07, 6.45) is 3.60. The van der Waals surface area contributed by atoms with E-state index in [1.165, 1.54) is 11.7 Å². The van der Waals surface area contributed by atoms with Gasteiger partial charge in [0.2, 0.25) is 11.8 Å². The minimum absolute atomic E-state index is 0.00133. The number of aromatic nitrogens is 2. The Balaban J connectivity index is 1.39. The first-order valence-electron chi connectivity index (χ1n) is 8.57. The molecule has 5 rings (SSSR count). The van der Waals surface area contributed by atoms with Crippen LogP contribution in [0.5, 0.6) is 0 Å². The molecule has 3 aliphatic heterocycles. The van der Waals surface area contributed by atoms with Gasteiger partial charge in [-0.15, -0.1) is 0 Å². The fourth-order valence-corrected chi connectivity index (χ4v) is 5.02. The fourth-order valence-electron chi connectivity index (χ4n) is 4.51. The van der Waals surface area contributed by atoms with Crippen molar-refractivity contribution in [3.8, 4) is 0 Å². The number of carbonyl (C=O) groups is 2. The summed E-state index contributed by atoms with van der Waals surface area (Å²) in [6, 6.07) is 5.83. The number of ether oxygens (including phenoxy) is 1. The molecular weight excluding hydrogens is 352 g/mol. The molecule has 2 bridgehead atoms. The lowest BCUT2D eigenvalue weighted by atomic mass is 9.76. The maximum Gasteiger partial charge on any atom is 0.229 e. The van der Waals surface area contributed by atoms with E-state index in [1.807, 2.05) is 30.4 Å². The summed E-state index contributed by atoms with van der Waals surface area (Å²) < 4.78 is 14.5. The maximum absolute atomic E-state index is 13.2. The molecule has 8 heteroatoms. The Morgan fingerprint density at radius 1 is 1.42 bits per heavy atom. The first-order chi connectivity index (χ1) is 12.5. The molecule has 0 saturated carbocycles. The van der Waals surface area contributed by atoms with Gasteiger partial charge in [-0.1, -0.05) is 18.2 Å². The van der Waals surface area contributed by atoms with Crippen LogP contribution in [0.2, 0.25) is 0 Å². The maximum atomic E-state index is 13.2. The Kier molecular flexibility index (Phi) is 3.27. The van der Waals surface area contributed by atoms with Crippen LogP contribution in [0.15, 0.2) is 30.4 Å². The number of hydrogen-bond acceptors (Lipinski definition) is 6. The number of rotatable bonds is 3. The first-order valence-corrected chi connectivity index (χ1v) is 9.30. The normalized spacial score (nSPS) is 31.8. The van der Waals surface area contributed by atoms with Crippen molar-refractivity contribution in [1.29, 1.82) is 0 Å². The van der Waals surface area contributed by atoms with E-state index in [0.29, 0.717) is 13.1 Å². The number of carbonyl (C=O) groups excluding carboxylic acids is 2. The average molecular weight is 370 g/mol. The molecule has 0 aliphatic carbocycles. The van der Waals surface area contributed by atoms with Crippen molar-refractivity contribution in [2.24, 2.45) is 11.8 Å². The monoisotopic (exact) mass is 370 g/mol. The number of nitrogens with zero attached hydrogens (tertiary/aromatic N) is 4. The zero-order valence-electron chi connectivity index (χ0n) is 14.5. The number of likely N-dealkylation sites (tertiary alicyclic amines) is 1. The first kappa shape index (κ1) is 15.9. The van der Waals surface area contributed by atoms with Crippen molar-refractivity contribution >= 4 is 34.6 Å². The van der Waals surface area contributed by atoms with E-state index in [-0.39, 0.29) is 17.9 Å². The van der Waals surface area contributed by atoms with E-state index < -0.39 is 17.4 Å². The molecule has 2 saturated heterocycles. The highest BCUT2D eigenvalue weighted by Gasteiger charge is 2.66. The van der Waals surface area contributed by atoms with E-state index in [2.05, 4.69) is 8.75 Å². The third-order valence-electron chi connectivity index (χ3n) is 5.69. The van der Waals surface area contributed by atoms with Gasteiger partial charge in [0.1, 0.15) is 16.6 Å². The van der Waals surface area contributed by atoms with E-state index in [4.69, 9.17) is 4.74 Å². The molecule has 7 nitrogen and oxygen atoms in total. The molecular formula is C18H18N4O3S. The fraction of sp³-hybridized carbons (Fsp3) is 0.444. The number of benzene rings is 1. The minimum Gasteiger partial charge on any atom is -0.360 e. The molecule has 26 heavy (non-hydrogen) atoms. The number of amides is 2. The van der Waals surface area contributed by atoms with Gasteiger partial charge in [-0.05, 0) is 17.7 Å². The second-order valence-electron chi connectivity index (χ2n) is 7.38. The van der Waals surface area contributed by atoms with Gasteiger partial charge in [0, 0.05) is 20.6 Å². The molecule has 0 radical (unpaired) electrons. The molecule has 4 unspecified atom stereocenters. The highest BCUT2D eigenvalue weighted by atomic mass is 32.1. The van der Waals surface area contributed by atoms with Crippen LogP contribution >= 0.6 is 11.7 Å². The summed E-state index contributed by atoms with van der Waals surface area (Å²) in [5.41, 5.74) is 2.07. The van der Waals surface area contributed by atoms with Crippen molar-refractivity contribution in [3.05, 3.63) is 35.9 Å².